The Labute approximate surface area is 122 Å². The van der Waals surface area contributed by atoms with Crippen LogP contribution in [0.25, 0.3) is 0 Å². The molecular weight excluding hydrogens is 272 g/mol. The fourth-order valence-electron chi connectivity index (χ4n) is 2.70. The topological polar surface area (TPSA) is 49.4 Å². The molecule has 0 saturated carbocycles. The van der Waals surface area contributed by atoms with Gasteiger partial charge in [0.15, 0.2) is 0 Å². The molecule has 1 atom stereocenters. The van der Waals surface area contributed by atoms with Gasteiger partial charge >= 0.3 is 0 Å². The van der Waals surface area contributed by atoms with Gasteiger partial charge < -0.3 is 5.32 Å². The maximum atomic E-state index is 12.3. The Morgan fingerprint density at radius 3 is 2.75 bits per heavy atom. The Morgan fingerprint density at radius 1 is 1.30 bits per heavy atom. The zero-order valence-corrected chi connectivity index (χ0v) is 13.1. The van der Waals surface area contributed by atoms with Crippen LogP contribution in [0.3, 0.4) is 0 Å². The number of rotatable bonds is 5. The molecule has 4 nitrogen and oxygen atoms in total. The van der Waals surface area contributed by atoms with Crippen molar-refractivity contribution in [1.29, 1.82) is 0 Å². The zero-order valence-electron chi connectivity index (χ0n) is 12.3. The van der Waals surface area contributed by atoms with Crippen LogP contribution in [0.15, 0.2) is 24.3 Å². The first-order chi connectivity index (χ1) is 9.60. The molecule has 0 amide bonds. The molecule has 0 spiro atoms. The normalized spacial score (nSPS) is 19.5. The molecule has 5 heteroatoms. The van der Waals surface area contributed by atoms with Gasteiger partial charge in [-0.1, -0.05) is 25.1 Å². The van der Waals surface area contributed by atoms with E-state index in [4.69, 9.17) is 0 Å². The van der Waals surface area contributed by atoms with E-state index in [1.54, 1.807) is 11.2 Å². The number of sulfonamides is 1. The number of hydrogen-bond donors (Lipinski definition) is 1. The molecule has 20 heavy (non-hydrogen) atoms. The van der Waals surface area contributed by atoms with Crippen molar-refractivity contribution in [2.45, 2.75) is 39.2 Å². The highest BCUT2D eigenvalue weighted by Gasteiger charge is 2.28. The van der Waals surface area contributed by atoms with E-state index in [0.29, 0.717) is 6.54 Å². The average Bonchev–Trinajstić information content (AvgIpc) is 2.65. The molecule has 0 radical (unpaired) electrons. The Balaban J connectivity index is 2.40. The fourth-order valence-corrected chi connectivity index (χ4v) is 3.88. The first kappa shape index (κ1) is 15.3. The third-order valence-electron chi connectivity index (χ3n) is 3.78. The van der Waals surface area contributed by atoms with E-state index in [9.17, 15) is 8.42 Å². The van der Waals surface area contributed by atoms with Crippen LogP contribution < -0.4 is 9.62 Å². The Bertz CT molecular complexity index is 543. The summed E-state index contributed by atoms with van der Waals surface area (Å²) in [6.45, 7) is 5.39. The molecule has 1 aromatic carbocycles. The monoisotopic (exact) mass is 296 g/mol. The summed E-state index contributed by atoms with van der Waals surface area (Å²) in [5.41, 5.74) is 1.95. The lowest BCUT2D eigenvalue weighted by atomic mass is 10.0. The van der Waals surface area contributed by atoms with E-state index in [1.165, 1.54) is 0 Å². The van der Waals surface area contributed by atoms with Crippen molar-refractivity contribution >= 4 is 15.7 Å². The van der Waals surface area contributed by atoms with Crippen molar-refractivity contribution in [2.24, 2.45) is 0 Å². The van der Waals surface area contributed by atoms with Gasteiger partial charge in [0.05, 0.1) is 11.4 Å². The summed E-state index contributed by atoms with van der Waals surface area (Å²) in [4.78, 5) is 0. The number of fused-ring (bicyclic) bond motifs is 1. The molecule has 0 aromatic heterocycles. The highest BCUT2D eigenvalue weighted by Crippen LogP contribution is 2.34. The van der Waals surface area contributed by atoms with E-state index in [1.807, 2.05) is 24.3 Å². The summed E-state index contributed by atoms with van der Waals surface area (Å²) >= 11 is 0. The molecule has 1 aliphatic rings. The summed E-state index contributed by atoms with van der Waals surface area (Å²) < 4.78 is 26.2. The molecule has 0 bridgehead atoms. The van der Waals surface area contributed by atoms with E-state index < -0.39 is 10.0 Å². The van der Waals surface area contributed by atoms with Gasteiger partial charge in [-0.25, -0.2) is 8.42 Å². The number of para-hydroxylation sites is 1. The summed E-state index contributed by atoms with van der Waals surface area (Å²) in [6.07, 6.45) is 2.94. The van der Waals surface area contributed by atoms with Crippen molar-refractivity contribution in [2.75, 3.05) is 23.1 Å². The SMILES string of the molecule is CCCNC1CCCN(S(=O)(=O)CC)c2ccccc21. The molecule has 1 N–H and O–H groups in total. The molecule has 0 saturated heterocycles. The Kier molecular flexibility index (Phi) is 5.05. The van der Waals surface area contributed by atoms with E-state index >= 15 is 0 Å². The summed E-state index contributed by atoms with van der Waals surface area (Å²) in [6, 6.07) is 8.13. The molecule has 112 valence electrons. The molecule has 0 aliphatic carbocycles. The maximum absolute atomic E-state index is 12.3. The second kappa shape index (κ2) is 6.59. The van der Waals surface area contributed by atoms with E-state index in [-0.39, 0.29) is 11.8 Å². The third kappa shape index (κ3) is 3.15. The summed E-state index contributed by atoms with van der Waals surface area (Å²) in [5, 5.41) is 3.54. The standard InChI is InChI=1S/C15H24N2O2S/c1-3-11-16-14-9-7-12-17(20(18,19)4-2)15-10-6-5-8-13(14)15/h5-6,8,10,14,16H,3-4,7,9,11-12H2,1-2H3. The van der Waals surface area contributed by atoms with Crippen LogP contribution in [0.4, 0.5) is 5.69 Å². The smallest absolute Gasteiger partial charge is 0.234 e. The number of nitrogens with one attached hydrogen (secondary N) is 1. The zero-order chi connectivity index (χ0) is 14.6. The minimum atomic E-state index is -3.20. The lowest BCUT2D eigenvalue weighted by Gasteiger charge is -2.25. The highest BCUT2D eigenvalue weighted by molar-refractivity contribution is 7.92. The molecule has 1 aliphatic heterocycles. The van der Waals surface area contributed by atoms with Gasteiger partial charge in [0.2, 0.25) is 10.0 Å². The van der Waals surface area contributed by atoms with Crippen molar-refractivity contribution < 1.29 is 8.42 Å². The van der Waals surface area contributed by atoms with Gasteiger partial charge in [0, 0.05) is 12.6 Å². The predicted octanol–water partition coefficient (Wildman–Crippen LogP) is 2.68. The molecule has 0 fully saturated rings. The van der Waals surface area contributed by atoms with Crippen LogP contribution in [-0.2, 0) is 10.0 Å². The second-order valence-corrected chi connectivity index (χ2v) is 7.36. The van der Waals surface area contributed by atoms with E-state index in [0.717, 1.165) is 37.1 Å². The summed E-state index contributed by atoms with van der Waals surface area (Å²) in [7, 11) is -3.20. The largest absolute Gasteiger partial charge is 0.310 e. The van der Waals surface area contributed by atoms with Crippen molar-refractivity contribution in [3.63, 3.8) is 0 Å². The fraction of sp³-hybridized carbons (Fsp3) is 0.600. The van der Waals surface area contributed by atoms with Crippen LogP contribution in [0.5, 0.6) is 0 Å². The minimum Gasteiger partial charge on any atom is -0.310 e. The van der Waals surface area contributed by atoms with Gasteiger partial charge in [-0.3, -0.25) is 4.31 Å². The quantitative estimate of drug-likeness (QED) is 0.909. The van der Waals surface area contributed by atoms with Crippen molar-refractivity contribution in [3.05, 3.63) is 29.8 Å². The molecule has 1 aromatic rings. The van der Waals surface area contributed by atoms with Crippen LogP contribution >= 0.6 is 0 Å². The van der Waals surface area contributed by atoms with Crippen LogP contribution in [0.2, 0.25) is 0 Å². The van der Waals surface area contributed by atoms with Crippen molar-refractivity contribution in [1.82, 2.24) is 5.32 Å². The van der Waals surface area contributed by atoms with Gasteiger partial charge in [-0.2, -0.15) is 0 Å². The summed E-state index contributed by atoms with van der Waals surface area (Å²) in [5.74, 6) is 0.147. The highest BCUT2D eigenvalue weighted by atomic mass is 32.2. The minimum absolute atomic E-state index is 0.147. The predicted molar refractivity (Wildman–Crippen MR) is 83.5 cm³/mol. The molecule has 2 rings (SSSR count). The van der Waals surface area contributed by atoms with Gasteiger partial charge in [0.25, 0.3) is 0 Å². The molecule has 1 heterocycles. The Hall–Kier alpha value is -1.07. The number of nitrogens with zero attached hydrogens (tertiary/aromatic N) is 1. The first-order valence-electron chi connectivity index (χ1n) is 7.43. The number of hydrogen-bond acceptors (Lipinski definition) is 3. The number of benzene rings is 1. The molecule has 1 unspecified atom stereocenters. The van der Waals surface area contributed by atoms with Crippen LogP contribution in [0, 0.1) is 0 Å². The number of anilines is 1. The second-order valence-electron chi connectivity index (χ2n) is 5.18. The first-order valence-corrected chi connectivity index (χ1v) is 9.03. The van der Waals surface area contributed by atoms with Gasteiger partial charge in [-0.15, -0.1) is 0 Å². The third-order valence-corrected chi connectivity index (χ3v) is 5.56. The van der Waals surface area contributed by atoms with Crippen LogP contribution in [-0.4, -0.2) is 27.3 Å². The molecular formula is C15H24N2O2S. The lowest BCUT2D eigenvalue weighted by molar-refractivity contribution is 0.497. The average molecular weight is 296 g/mol. The van der Waals surface area contributed by atoms with E-state index in [2.05, 4.69) is 12.2 Å². The van der Waals surface area contributed by atoms with Crippen LogP contribution in [0.1, 0.15) is 44.7 Å². The van der Waals surface area contributed by atoms with Gasteiger partial charge in [-0.05, 0) is 44.4 Å². The maximum Gasteiger partial charge on any atom is 0.234 e. The Morgan fingerprint density at radius 2 is 2.05 bits per heavy atom. The lowest BCUT2D eigenvalue weighted by Crippen LogP contribution is -2.33. The van der Waals surface area contributed by atoms with Gasteiger partial charge in [0.1, 0.15) is 0 Å². The van der Waals surface area contributed by atoms with Crippen molar-refractivity contribution in [3.8, 4) is 0 Å².